The molecule has 0 radical (unpaired) electrons. The zero-order valence-electron chi connectivity index (χ0n) is 17.7. The average Bonchev–Trinajstić information content (AvgIpc) is 3.24. The van der Waals surface area contributed by atoms with Crippen molar-refractivity contribution in [3.8, 4) is 5.75 Å². The number of cyclic esters (lactones) is 1. The second-order valence-electron chi connectivity index (χ2n) is 8.22. The molecule has 0 bridgehead atoms. The van der Waals surface area contributed by atoms with Gasteiger partial charge in [-0.3, -0.25) is 4.79 Å². The lowest BCUT2D eigenvalue weighted by molar-refractivity contribution is -0.138. The van der Waals surface area contributed by atoms with E-state index in [1.807, 2.05) is 4.90 Å². The zero-order chi connectivity index (χ0) is 22.0. The minimum Gasteiger partial charge on any atom is -0.593 e. The Morgan fingerprint density at radius 2 is 1.84 bits per heavy atom. The fraction of sp³-hybridized carbons (Fsp3) is 0.619. The van der Waals surface area contributed by atoms with Crippen LogP contribution in [0.15, 0.2) is 29.2 Å². The van der Waals surface area contributed by atoms with Crippen molar-refractivity contribution in [3.63, 3.8) is 0 Å². The standard InChI is InChI=1S/C21H29N3O6S/c1-29-18-3-2-4-19(15-18)31(27,28)23-11-5-16(6-12-23)20(25)22-9-7-17(8-10-22)24-13-14-30-21(24)26/h2-4,15-17H,5-14H2,1H3. The molecule has 0 saturated carbocycles. The molecular formula is C21H29N3O6S. The molecule has 170 valence electrons. The molecule has 0 aliphatic carbocycles. The van der Waals surface area contributed by atoms with E-state index in [1.54, 1.807) is 23.1 Å². The molecule has 4 rings (SSSR count). The molecule has 3 heterocycles. The molecule has 3 fully saturated rings. The third-order valence-electron chi connectivity index (χ3n) is 6.49. The summed E-state index contributed by atoms with van der Waals surface area (Å²) in [7, 11) is -2.11. The van der Waals surface area contributed by atoms with Crippen molar-refractivity contribution in [1.29, 1.82) is 0 Å². The number of piperidine rings is 2. The van der Waals surface area contributed by atoms with Gasteiger partial charge in [-0.15, -0.1) is 4.31 Å². The van der Waals surface area contributed by atoms with Crippen molar-refractivity contribution in [3.05, 3.63) is 24.3 Å². The summed E-state index contributed by atoms with van der Waals surface area (Å²) >= 11 is 0. The highest BCUT2D eigenvalue weighted by Gasteiger charge is 2.39. The van der Waals surface area contributed by atoms with E-state index in [0.29, 0.717) is 57.9 Å². The maximum Gasteiger partial charge on any atom is 0.410 e. The van der Waals surface area contributed by atoms with Crippen LogP contribution >= 0.6 is 0 Å². The molecule has 1 aromatic carbocycles. The lowest BCUT2D eigenvalue weighted by atomic mass is 9.94. The van der Waals surface area contributed by atoms with E-state index in [4.69, 9.17) is 9.47 Å². The molecule has 31 heavy (non-hydrogen) atoms. The van der Waals surface area contributed by atoms with Crippen LogP contribution < -0.4 is 4.74 Å². The monoisotopic (exact) mass is 451 g/mol. The molecule has 3 aliphatic rings. The third kappa shape index (κ3) is 4.56. The molecule has 1 atom stereocenters. The molecule has 10 heteroatoms. The van der Waals surface area contributed by atoms with Crippen LogP contribution in [0.1, 0.15) is 25.7 Å². The normalized spacial score (nSPS) is 23.5. The predicted molar refractivity (Wildman–Crippen MR) is 112 cm³/mol. The molecule has 9 nitrogen and oxygen atoms in total. The number of amides is 2. The summed E-state index contributed by atoms with van der Waals surface area (Å²) in [6, 6.07) is 6.59. The SMILES string of the molecule is COc1cccc([S+](=O)([O-])N2CCC(C(=O)N3CCC(N4CCOC4=O)CC3)CC2)c1. The Morgan fingerprint density at radius 3 is 2.45 bits per heavy atom. The van der Waals surface area contributed by atoms with Crippen molar-refractivity contribution in [2.75, 3.05) is 46.4 Å². The lowest BCUT2D eigenvalue weighted by Crippen LogP contribution is -2.50. The number of likely N-dealkylation sites (tertiary alicyclic amines) is 1. The lowest BCUT2D eigenvalue weighted by Gasteiger charge is -2.39. The van der Waals surface area contributed by atoms with Gasteiger partial charge in [0.05, 0.1) is 13.7 Å². The minimum absolute atomic E-state index is 0.0980. The van der Waals surface area contributed by atoms with Crippen molar-refractivity contribution in [1.82, 2.24) is 14.1 Å². The largest absolute Gasteiger partial charge is 0.593 e. The first-order valence-corrected chi connectivity index (χ1v) is 12.2. The number of carbonyl (C=O) groups is 2. The minimum atomic E-state index is -3.61. The Bertz CT molecular complexity index is 864. The summed E-state index contributed by atoms with van der Waals surface area (Å²) in [5.41, 5.74) is 0. The van der Waals surface area contributed by atoms with E-state index >= 15 is 0 Å². The first-order valence-electron chi connectivity index (χ1n) is 10.8. The number of nitrogens with zero attached hydrogens (tertiary/aromatic N) is 3. The summed E-state index contributed by atoms with van der Waals surface area (Å²) in [4.78, 5) is 28.6. The zero-order valence-corrected chi connectivity index (χ0v) is 18.6. The average molecular weight is 452 g/mol. The number of carbonyl (C=O) groups excluding carboxylic acids is 2. The van der Waals surface area contributed by atoms with Gasteiger partial charge in [-0.1, -0.05) is 10.3 Å². The van der Waals surface area contributed by atoms with Gasteiger partial charge in [0.1, 0.15) is 12.4 Å². The molecule has 0 N–H and O–H groups in total. The van der Waals surface area contributed by atoms with Crippen LogP contribution in [-0.2, 0) is 24.1 Å². The molecule has 2 amide bonds. The van der Waals surface area contributed by atoms with Crippen LogP contribution in [-0.4, -0.2) is 83.1 Å². The van der Waals surface area contributed by atoms with Crippen molar-refractivity contribution < 1.29 is 27.8 Å². The Balaban J connectivity index is 1.30. The van der Waals surface area contributed by atoms with Crippen LogP contribution in [0.4, 0.5) is 4.79 Å². The fourth-order valence-electron chi connectivity index (χ4n) is 4.65. The number of rotatable bonds is 5. The summed E-state index contributed by atoms with van der Waals surface area (Å²) in [5.74, 6) is 0.433. The molecule has 0 spiro atoms. The van der Waals surface area contributed by atoms with Crippen LogP contribution in [0.5, 0.6) is 5.75 Å². The maximum atomic E-state index is 13.0. The van der Waals surface area contributed by atoms with Crippen LogP contribution in [0, 0.1) is 5.92 Å². The maximum absolute atomic E-state index is 13.0. The topological polar surface area (TPSA) is 102 Å². The van der Waals surface area contributed by atoms with E-state index in [0.717, 1.165) is 12.8 Å². The van der Waals surface area contributed by atoms with Gasteiger partial charge in [0.2, 0.25) is 5.91 Å². The van der Waals surface area contributed by atoms with Crippen molar-refractivity contribution >= 4 is 22.4 Å². The number of hydrogen-bond donors (Lipinski definition) is 0. The first-order chi connectivity index (χ1) is 14.9. The number of ether oxygens (including phenoxy) is 2. The molecule has 3 aliphatic heterocycles. The Morgan fingerprint density at radius 1 is 1.13 bits per heavy atom. The number of sulfonamides is 1. The van der Waals surface area contributed by atoms with Gasteiger partial charge in [-0.05, 0) is 37.8 Å². The Labute approximate surface area is 183 Å². The fourth-order valence-corrected chi connectivity index (χ4v) is 6.15. The van der Waals surface area contributed by atoms with Gasteiger partial charge in [-0.2, -0.15) is 0 Å². The molecule has 0 aromatic heterocycles. The number of methoxy groups -OCH3 is 1. The summed E-state index contributed by atoms with van der Waals surface area (Å²) in [5, 5.41) is 0. The van der Waals surface area contributed by atoms with Gasteiger partial charge in [0.15, 0.2) is 15.3 Å². The first kappa shape index (κ1) is 22.0. The van der Waals surface area contributed by atoms with Gasteiger partial charge < -0.3 is 23.8 Å². The third-order valence-corrected chi connectivity index (χ3v) is 8.39. The van der Waals surface area contributed by atoms with Gasteiger partial charge in [-0.25, -0.2) is 4.79 Å². The second kappa shape index (κ2) is 9.13. The summed E-state index contributed by atoms with van der Waals surface area (Å²) in [6.07, 6.45) is 2.28. The smallest absolute Gasteiger partial charge is 0.410 e. The number of benzene rings is 1. The van der Waals surface area contributed by atoms with E-state index < -0.39 is 10.4 Å². The Hall–Kier alpha value is -2.17. The number of hydrogen-bond acceptors (Lipinski definition) is 6. The van der Waals surface area contributed by atoms with Crippen molar-refractivity contribution in [2.45, 2.75) is 36.6 Å². The van der Waals surface area contributed by atoms with Crippen LogP contribution in [0.25, 0.3) is 0 Å². The van der Waals surface area contributed by atoms with Gasteiger partial charge in [0, 0.05) is 44.2 Å². The van der Waals surface area contributed by atoms with Crippen LogP contribution in [0.3, 0.4) is 0 Å². The van der Waals surface area contributed by atoms with E-state index in [2.05, 4.69) is 0 Å². The summed E-state index contributed by atoms with van der Waals surface area (Å²) in [6.45, 7) is 2.95. The van der Waals surface area contributed by atoms with Crippen LogP contribution in [0.2, 0.25) is 0 Å². The molecular weight excluding hydrogens is 422 g/mol. The molecule has 1 unspecified atom stereocenters. The Kier molecular flexibility index (Phi) is 6.49. The highest BCUT2D eigenvalue weighted by molar-refractivity contribution is 7.95. The molecule has 1 aromatic rings. The summed E-state index contributed by atoms with van der Waals surface area (Å²) < 4.78 is 37.5. The highest BCUT2D eigenvalue weighted by Crippen LogP contribution is 2.30. The quantitative estimate of drug-likeness (QED) is 0.632. The molecule has 3 saturated heterocycles. The predicted octanol–water partition coefficient (Wildman–Crippen LogP) is 1.75. The van der Waals surface area contributed by atoms with E-state index in [9.17, 15) is 18.4 Å². The second-order valence-corrected chi connectivity index (χ2v) is 10.2. The van der Waals surface area contributed by atoms with Gasteiger partial charge >= 0.3 is 6.09 Å². The van der Waals surface area contributed by atoms with Gasteiger partial charge in [0.25, 0.3) is 0 Å². The van der Waals surface area contributed by atoms with E-state index in [1.165, 1.54) is 17.5 Å². The van der Waals surface area contributed by atoms with Crippen molar-refractivity contribution in [2.24, 2.45) is 5.92 Å². The van der Waals surface area contributed by atoms with E-state index in [-0.39, 0.29) is 28.9 Å². The highest BCUT2D eigenvalue weighted by atomic mass is 32.3.